The molecular formula is C17H24N2O6. The van der Waals surface area contributed by atoms with E-state index in [0.29, 0.717) is 23.4 Å². The van der Waals surface area contributed by atoms with Gasteiger partial charge in [0.25, 0.3) is 0 Å². The van der Waals surface area contributed by atoms with E-state index in [2.05, 4.69) is 10.6 Å². The molecule has 4 N–H and O–H groups in total. The fourth-order valence-electron chi connectivity index (χ4n) is 2.10. The second kappa shape index (κ2) is 8.48. The molecule has 0 amide bonds. The van der Waals surface area contributed by atoms with E-state index in [4.69, 9.17) is 14.9 Å². The van der Waals surface area contributed by atoms with Crippen LogP contribution < -0.4 is 10.6 Å². The Labute approximate surface area is 146 Å². The highest BCUT2D eigenvalue weighted by atomic mass is 16.6. The summed E-state index contributed by atoms with van der Waals surface area (Å²) in [5.74, 6) is -2.98. The van der Waals surface area contributed by atoms with Crippen LogP contribution in [-0.2, 0) is 20.9 Å². The fraction of sp³-hybridized carbons (Fsp3) is 0.471. The van der Waals surface area contributed by atoms with Gasteiger partial charge >= 0.3 is 17.9 Å². The van der Waals surface area contributed by atoms with Gasteiger partial charge in [-0.05, 0) is 51.6 Å². The predicted octanol–water partition coefficient (Wildman–Crippen LogP) is 1.70. The van der Waals surface area contributed by atoms with Crippen LogP contribution >= 0.6 is 0 Å². The Morgan fingerprint density at radius 3 is 2.32 bits per heavy atom. The van der Waals surface area contributed by atoms with E-state index in [1.165, 1.54) is 6.07 Å². The number of rotatable bonds is 8. The van der Waals surface area contributed by atoms with Crippen molar-refractivity contribution in [3.05, 3.63) is 29.3 Å². The van der Waals surface area contributed by atoms with Crippen molar-refractivity contribution in [3.63, 3.8) is 0 Å². The average molecular weight is 352 g/mol. The molecule has 25 heavy (non-hydrogen) atoms. The van der Waals surface area contributed by atoms with Gasteiger partial charge < -0.3 is 25.6 Å². The largest absolute Gasteiger partial charge is 0.481 e. The molecular weight excluding hydrogens is 328 g/mol. The molecule has 8 nitrogen and oxygen atoms in total. The van der Waals surface area contributed by atoms with Gasteiger partial charge in [-0.15, -0.1) is 0 Å². The number of ether oxygens (including phenoxy) is 1. The van der Waals surface area contributed by atoms with Crippen molar-refractivity contribution in [2.45, 2.75) is 45.4 Å². The van der Waals surface area contributed by atoms with E-state index in [1.54, 1.807) is 40.0 Å². The second-order valence-corrected chi connectivity index (χ2v) is 6.54. The second-order valence-electron chi connectivity index (χ2n) is 6.54. The molecule has 0 heterocycles. The summed E-state index contributed by atoms with van der Waals surface area (Å²) in [6.45, 7) is 5.65. The minimum atomic E-state index is -1.28. The third kappa shape index (κ3) is 6.80. The van der Waals surface area contributed by atoms with E-state index >= 15 is 0 Å². The Hall–Kier alpha value is -2.61. The van der Waals surface area contributed by atoms with Gasteiger partial charge in [0.15, 0.2) is 0 Å². The first-order valence-corrected chi connectivity index (χ1v) is 7.75. The van der Waals surface area contributed by atoms with Crippen LogP contribution in [0.3, 0.4) is 0 Å². The molecule has 0 aromatic heterocycles. The van der Waals surface area contributed by atoms with Gasteiger partial charge in [0.2, 0.25) is 0 Å². The van der Waals surface area contributed by atoms with Crippen LogP contribution in [-0.4, -0.2) is 46.8 Å². The molecule has 1 aromatic rings. The lowest BCUT2D eigenvalue weighted by Gasteiger charge is -2.21. The van der Waals surface area contributed by atoms with Crippen LogP contribution in [0, 0.1) is 0 Å². The molecule has 0 radical (unpaired) electrons. The molecule has 1 rings (SSSR count). The van der Waals surface area contributed by atoms with E-state index in [9.17, 15) is 14.4 Å². The summed E-state index contributed by atoms with van der Waals surface area (Å²) in [6.07, 6.45) is -0.567. The van der Waals surface area contributed by atoms with Crippen molar-refractivity contribution in [2.24, 2.45) is 0 Å². The van der Waals surface area contributed by atoms with E-state index in [0.717, 1.165) is 0 Å². The number of carboxylic acids is 2. The van der Waals surface area contributed by atoms with Gasteiger partial charge in [-0.1, -0.05) is 0 Å². The molecule has 1 atom stereocenters. The number of hydrogen-bond donors (Lipinski definition) is 4. The number of anilines is 1. The minimum Gasteiger partial charge on any atom is -0.481 e. The Bertz CT molecular complexity index is 651. The van der Waals surface area contributed by atoms with Crippen molar-refractivity contribution >= 4 is 23.6 Å². The molecule has 0 bridgehead atoms. The standard InChI is InChI=1S/C17H24N2O6/c1-17(2,3)25-16(24)10-5-6-12(11(7-10)9-18-4)19-13(15(22)23)8-14(20)21/h5-7,13,18-19H,8-9H2,1-4H3,(H,20,21)(H,22,23)/t13-/m0/s1. The number of carboxylic acid groups (broad SMARTS) is 2. The molecule has 8 heteroatoms. The van der Waals surface area contributed by atoms with Gasteiger partial charge in [0.05, 0.1) is 12.0 Å². The predicted molar refractivity (Wildman–Crippen MR) is 91.7 cm³/mol. The Balaban J connectivity index is 3.09. The van der Waals surface area contributed by atoms with Gasteiger partial charge in [-0.3, -0.25) is 4.79 Å². The summed E-state index contributed by atoms with van der Waals surface area (Å²) in [5.41, 5.74) is 0.765. The maximum atomic E-state index is 12.2. The number of nitrogens with one attached hydrogen (secondary N) is 2. The zero-order valence-electron chi connectivity index (χ0n) is 14.8. The number of esters is 1. The SMILES string of the molecule is CNCc1cc(C(=O)OC(C)(C)C)ccc1N[C@@H](CC(=O)O)C(=O)O. The van der Waals surface area contributed by atoms with Gasteiger partial charge in [0.1, 0.15) is 11.6 Å². The monoisotopic (exact) mass is 352 g/mol. The highest BCUT2D eigenvalue weighted by molar-refractivity contribution is 5.91. The molecule has 0 aliphatic heterocycles. The maximum Gasteiger partial charge on any atom is 0.338 e. The summed E-state index contributed by atoms with van der Waals surface area (Å²) in [5, 5.41) is 23.6. The number of aliphatic carboxylic acids is 2. The summed E-state index contributed by atoms with van der Waals surface area (Å²) >= 11 is 0. The summed E-state index contributed by atoms with van der Waals surface area (Å²) in [4.78, 5) is 34.2. The first kappa shape index (κ1) is 20.4. The van der Waals surface area contributed by atoms with Crippen LogP contribution in [0.5, 0.6) is 0 Å². The Morgan fingerprint density at radius 2 is 1.84 bits per heavy atom. The van der Waals surface area contributed by atoms with E-state index in [1.807, 2.05) is 0 Å². The lowest BCUT2D eigenvalue weighted by atomic mass is 10.1. The average Bonchev–Trinajstić information content (AvgIpc) is 2.46. The fourth-order valence-corrected chi connectivity index (χ4v) is 2.10. The van der Waals surface area contributed by atoms with Crippen molar-refractivity contribution in [1.82, 2.24) is 5.32 Å². The smallest absolute Gasteiger partial charge is 0.338 e. The Kier molecular flexibility index (Phi) is 6.93. The summed E-state index contributed by atoms with van der Waals surface area (Å²) in [7, 11) is 1.70. The van der Waals surface area contributed by atoms with Crippen LogP contribution in [0.25, 0.3) is 0 Å². The molecule has 0 aliphatic carbocycles. The normalized spacial score (nSPS) is 12.3. The van der Waals surface area contributed by atoms with E-state index in [-0.39, 0.29) is 0 Å². The third-order valence-electron chi connectivity index (χ3n) is 3.11. The van der Waals surface area contributed by atoms with Crippen LogP contribution in [0.1, 0.15) is 43.1 Å². The molecule has 0 fully saturated rings. The van der Waals surface area contributed by atoms with Crippen LogP contribution in [0.2, 0.25) is 0 Å². The number of hydrogen-bond acceptors (Lipinski definition) is 6. The van der Waals surface area contributed by atoms with E-state index < -0.39 is 36.0 Å². The molecule has 1 aromatic carbocycles. The summed E-state index contributed by atoms with van der Waals surface area (Å²) in [6, 6.07) is 3.37. The van der Waals surface area contributed by atoms with Crippen molar-refractivity contribution in [1.29, 1.82) is 0 Å². The number of carbonyl (C=O) groups excluding carboxylic acids is 1. The highest BCUT2D eigenvalue weighted by Crippen LogP contribution is 2.21. The number of carbonyl (C=O) groups is 3. The van der Waals surface area contributed by atoms with Gasteiger partial charge in [0, 0.05) is 12.2 Å². The van der Waals surface area contributed by atoms with Crippen LogP contribution in [0.15, 0.2) is 18.2 Å². The molecule has 0 spiro atoms. The molecule has 0 aliphatic rings. The van der Waals surface area contributed by atoms with Crippen molar-refractivity contribution in [2.75, 3.05) is 12.4 Å². The number of benzene rings is 1. The first-order valence-electron chi connectivity index (χ1n) is 7.75. The first-order chi connectivity index (χ1) is 11.5. The zero-order valence-corrected chi connectivity index (χ0v) is 14.8. The molecule has 0 saturated heterocycles. The molecule has 0 unspecified atom stereocenters. The van der Waals surface area contributed by atoms with Gasteiger partial charge in [-0.25, -0.2) is 9.59 Å². The summed E-state index contributed by atoms with van der Waals surface area (Å²) < 4.78 is 5.32. The Morgan fingerprint density at radius 1 is 1.20 bits per heavy atom. The van der Waals surface area contributed by atoms with Crippen LogP contribution in [0.4, 0.5) is 5.69 Å². The maximum absolute atomic E-state index is 12.2. The topological polar surface area (TPSA) is 125 Å². The zero-order chi connectivity index (χ0) is 19.2. The lowest BCUT2D eigenvalue weighted by Crippen LogP contribution is -2.32. The minimum absolute atomic E-state index is 0.329. The third-order valence-corrected chi connectivity index (χ3v) is 3.11. The molecule has 0 saturated carbocycles. The highest BCUT2D eigenvalue weighted by Gasteiger charge is 2.23. The quantitative estimate of drug-likeness (QED) is 0.521. The molecule has 138 valence electrons. The van der Waals surface area contributed by atoms with Crippen molar-refractivity contribution < 1.29 is 29.3 Å². The lowest BCUT2D eigenvalue weighted by molar-refractivity contribution is -0.144. The van der Waals surface area contributed by atoms with Gasteiger partial charge in [-0.2, -0.15) is 0 Å². The van der Waals surface area contributed by atoms with Crippen molar-refractivity contribution in [3.8, 4) is 0 Å².